The first-order chi connectivity index (χ1) is 11.4. The molecule has 2 N–H and O–H groups in total. The summed E-state index contributed by atoms with van der Waals surface area (Å²) in [6.07, 6.45) is 7.24. The van der Waals surface area contributed by atoms with Crippen molar-refractivity contribution in [2.75, 3.05) is 0 Å². The van der Waals surface area contributed by atoms with E-state index in [1.54, 1.807) is 6.20 Å². The lowest BCUT2D eigenvalue weighted by atomic mass is 9.91. The summed E-state index contributed by atoms with van der Waals surface area (Å²) < 4.78 is 0.0378. The lowest BCUT2D eigenvalue weighted by molar-refractivity contribution is -0.750. The predicted octanol–water partition coefficient (Wildman–Crippen LogP) is 3.50. The molecule has 1 aromatic carbocycles. The highest BCUT2D eigenvalue weighted by molar-refractivity contribution is 6.02. The number of aromatic nitrogens is 1. The van der Waals surface area contributed by atoms with Crippen molar-refractivity contribution in [2.45, 2.75) is 20.8 Å². The van der Waals surface area contributed by atoms with Crippen LogP contribution in [0.4, 0.5) is 0 Å². The fourth-order valence-corrected chi connectivity index (χ4v) is 3.12. The quantitative estimate of drug-likeness (QED) is 0.646. The molecule has 0 saturated heterocycles. The molecule has 2 aliphatic rings. The number of rotatable bonds is 1. The summed E-state index contributed by atoms with van der Waals surface area (Å²) in [6, 6.07) is 10.1. The number of allylic oxidation sites excluding steroid dienone is 2. The van der Waals surface area contributed by atoms with Crippen LogP contribution in [0.2, 0.25) is 0 Å². The van der Waals surface area contributed by atoms with E-state index in [0.717, 1.165) is 33.7 Å². The first-order valence-corrected chi connectivity index (χ1v) is 7.97. The fourth-order valence-electron chi connectivity index (χ4n) is 3.12. The van der Waals surface area contributed by atoms with Gasteiger partial charge in [-0.05, 0) is 12.1 Å². The number of amidine groups is 1. The monoisotopic (exact) mass is 318 g/mol. The van der Waals surface area contributed by atoms with Gasteiger partial charge in [-0.3, -0.25) is 9.98 Å². The van der Waals surface area contributed by atoms with Gasteiger partial charge in [-0.2, -0.15) is 10.8 Å². The highest BCUT2D eigenvalue weighted by Gasteiger charge is 2.46. The number of hydrogen-bond acceptors (Lipinski definition) is 4. The zero-order valence-electron chi connectivity index (χ0n) is 14.1. The summed E-state index contributed by atoms with van der Waals surface area (Å²) in [6.45, 7) is 6.41. The van der Waals surface area contributed by atoms with E-state index >= 15 is 0 Å². The molecule has 0 aliphatic carbocycles. The van der Waals surface area contributed by atoms with Gasteiger partial charge in [0, 0.05) is 17.0 Å². The maximum absolute atomic E-state index is 6.71. The van der Waals surface area contributed by atoms with Crippen LogP contribution in [0.1, 0.15) is 26.3 Å². The Morgan fingerprint density at radius 2 is 1.92 bits per heavy atom. The summed E-state index contributed by atoms with van der Waals surface area (Å²) in [7, 11) is 0. The molecule has 0 bridgehead atoms. The number of aliphatic imine (C=N–C) groups is 2. The Balaban J connectivity index is 1.91. The van der Waals surface area contributed by atoms with Crippen LogP contribution in [0, 0.1) is 5.41 Å². The van der Waals surface area contributed by atoms with E-state index in [4.69, 9.17) is 10.8 Å². The normalized spacial score (nSPS) is 22.9. The first kappa shape index (κ1) is 14.9. The van der Waals surface area contributed by atoms with Gasteiger partial charge in [-0.1, -0.05) is 39.0 Å². The molecule has 1 atom stereocenters. The summed E-state index contributed by atoms with van der Waals surface area (Å²) >= 11 is 0. The molecule has 3 heterocycles. The van der Waals surface area contributed by atoms with Gasteiger partial charge >= 0.3 is 0 Å². The molecule has 2 aromatic rings. The molecule has 1 aromatic heterocycles. The van der Waals surface area contributed by atoms with Gasteiger partial charge in [0.15, 0.2) is 0 Å². The molecule has 24 heavy (non-hydrogen) atoms. The summed E-state index contributed by atoms with van der Waals surface area (Å²) in [5, 5.41) is 1.07. The average molecular weight is 318 g/mol. The minimum atomic E-state index is -0.124. The Morgan fingerprint density at radius 1 is 1.12 bits per heavy atom. The molecule has 0 spiro atoms. The third-order valence-electron chi connectivity index (χ3n) is 4.35. The minimum Gasteiger partial charge on any atom is -0.255 e. The molecule has 4 rings (SSSR count). The SMILES string of the molecule is CC(C)(C)C1=C2C=NC=C[N+]2(N)C(c2cnc3ccccc3c2)=N1. The maximum Gasteiger partial charge on any atom is 0.266 e. The number of hydrogen-bond donors (Lipinski definition) is 1. The number of nitrogens with two attached hydrogens (primary N) is 1. The highest BCUT2D eigenvalue weighted by Crippen LogP contribution is 2.39. The van der Waals surface area contributed by atoms with E-state index in [0.29, 0.717) is 0 Å². The van der Waals surface area contributed by atoms with Crippen LogP contribution in [-0.4, -0.2) is 21.6 Å². The summed E-state index contributed by atoms with van der Waals surface area (Å²) in [4.78, 5) is 13.7. The molecule has 5 nitrogen and oxygen atoms in total. The number of pyridine rings is 1. The van der Waals surface area contributed by atoms with E-state index < -0.39 is 0 Å². The standard InChI is InChI=1S/C19H20N5/c1-19(2,3)17-16-12-21-8-9-24(16,20)18(23-17)14-10-13-6-4-5-7-15(13)22-11-14/h4-12H,20H2,1-3H3/q+1. The Morgan fingerprint density at radius 3 is 2.71 bits per heavy atom. The van der Waals surface area contributed by atoms with Crippen LogP contribution >= 0.6 is 0 Å². The van der Waals surface area contributed by atoms with Crippen LogP contribution in [0.15, 0.2) is 70.3 Å². The van der Waals surface area contributed by atoms with Gasteiger partial charge in [0.25, 0.3) is 5.84 Å². The van der Waals surface area contributed by atoms with E-state index in [2.05, 4.69) is 42.9 Å². The van der Waals surface area contributed by atoms with Crippen molar-refractivity contribution in [1.29, 1.82) is 0 Å². The number of benzene rings is 1. The van der Waals surface area contributed by atoms with Gasteiger partial charge in [0.05, 0.1) is 23.5 Å². The van der Waals surface area contributed by atoms with Gasteiger partial charge in [0.1, 0.15) is 11.9 Å². The van der Waals surface area contributed by atoms with Crippen molar-refractivity contribution >= 4 is 23.0 Å². The average Bonchev–Trinajstić information content (AvgIpc) is 2.87. The van der Waals surface area contributed by atoms with Crippen molar-refractivity contribution < 1.29 is 4.59 Å². The minimum absolute atomic E-state index is 0.0378. The molecule has 5 heteroatoms. The summed E-state index contributed by atoms with van der Waals surface area (Å²) in [5.74, 6) is 7.49. The third-order valence-corrected chi connectivity index (χ3v) is 4.35. The van der Waals surface area contributed by atoms with Gasteiger partial charge in [-0.15, -0.1) is 4.59 Å². The number of para-hydroxylation sites is 1. The Hall–Kier alpha value is -2.63. The summed E-state index contributed by atoms with van der Waals surface area (Å²) in [5.41, 5.74) is 3.63. The molecular weight excluding hydrogens is 298 g/mol. The van der Waals surface area contributed by atoms with E-state index in [-0.39, 0.29) is 10.0 Å². The van der Waals surface area contributed by atoms with Crippen molar-refractivity contribution in [2.24, 2.45) is 21.2 Å². The Bertz CT molecular complexity index is 959. The fraction of sp³-hybridized carbons (Fsp3) is 0.211. The first-order valence-electron chi connectivity index (χ1n) is 7.97. The second-order valence-electron chi connectivity index (χ2n) is 7.19. The Kier molecular flexibility index (Phi) is 3.07. The topological polar surface area (TPSA) is 63.6 Å². The van der Waals surface area contributed by atoms with Crippen molar-refractivity contribution in [3.05, 3.63) is 65.9 Å². The largest absolute Gasteiger partial charge is 0.266 e. The van der Waals surface area contributed by atoms with Crippen molar-refractivity contribution in [3.63, 3.8) is 0 Å². The lowest BCUT2D eigenvalue weighted by Crippen LogP contribution is -2.53. The van der Waals surface area contributed by atoms with Gasteiger partial charge in [-0.25, -0.2) is 0 Å². The van der Waals surface area contributed by atoms with Crippen LogP contribution in [0.25, 0.3) is 10.9 Å². The second-order valence-corrected chi connectivity index (χ2v) is 7.19. The second kappa shape index (κ2) is 4.93. The van der Waals surface area contributed by atoms with E-state index in [1.807, 2.05) is 36.8 Å². The zero-order valence-corrected chi connectivity index (χ0v) is 14.1. The number of nitrogens with zero attached hydrogens (tertiary/aromatic N) is 4. The van der Waals surface area contributed by atoms with E-state index in [1.165, 1.54) is 0 Å². The van der Waals surface area contributed by atoms with Crippen LogP contribution in [0.3, 0.4) is 0 Å². The van der Waals surface area contributed by atoms with Gasteiger partial charge in [0.2, 0.25) is 5.70 Å². The molecule has 1 unspecified atom stereocenters. The molecule has 0 fully saturated rings. The number of fused-ring (bicyclic) bond motifs is 2. The number of quaternary nitrogens is 1. The molecule has 120 valence electrons. The maximum atomic E-state index is 6.71. The van der Waals surface area contributed by atoms with E-state index in [9.17, 15) is 0 Å². The highest BCUT2D eigenvalue weighted by atomic mass is 15.6. The molecule has 0 radical (unpaired) electrons. The van der Waals surface area contributed by atoms with Gasteiger partial charge < -0.3 is 0 Å². The van der Waals surface area contributed by atoms with Crippen molar-refractivity contribution in [3.8, 4) is 0 Å². The molecular formula is C19H20N5+. The predicted molar refractivity (Wildman–Crippen MR) is 96.8 cm³/mol. The smallest absolute Gasteiger partial charge is 0.255 e. The zero-order chi connectivity index (χ0) is 16.9. The van der Waals surface area contributed by atoms with Crippen LogP contribution in [-0.2, 0) is 0 Å². The van der Waals surface area contributed by atoms with Crippen molar-refractivity contribution in [1.82, 2.24) is 4.98 Å². The molecule has 2 aliphatic heterocycles. The third kappa shape index (κ3) is 2.13. The Labute approximate surface area is 141 Å². The molecule has 0 amide bonds. The van der Waals surface area contributed by atoms with Crippen LogP contribution < -0.4 is 5.84 Å². The van der Waals surface area contributed by atoms with Crippen LogP contribution in [0.5, 0.6) is 0 Å². The molecule has 0 saturated carbocycles. The lowest BCUT2D eigenvalue weighted by Gasteiger charge is -2.27.